The Kier molecular flexibility index (Phi) is 18.6. The fourth-order valence-corrected chi connectivity index (χ4v) is 17.4. The first kappa shape index (κ1) is 66.6. The monoisotopic (exact) mass is 1240 g/mol. The van der Waals surface area contributed by atoms with Crippen molar-refractivity contribution < 1.29 is 144 Å². The summed E-state index contributed by atoms with van der Waals surface area (Å²) >= 11 is 0. The second-order valence-electron chi connectivity index (χ2n) is 27.8. The molecule has 86 heavy (non-hydrogen) atoms. The predicted molar refractivity (Wildman–Crippen MR) is 282 cm³/mol. The zero-order chi connectivity index (χ0) is 62.9. The van der Waals surface area contributed by atoms with Crippen LogP contribution in [0, 0.1) is 50.2 Å². The molecule has 5 aliphatic carbocycles. The normalized spacial score (nSPS) is 54.6. The summed E-state index contributed by atoms with van der Waals surface area (Å²) in [6.45, 7) is 7.22. The van der Waals surface area contributed by atoms with E-state index < -0.39 is 243 Å². The van der Waals surface area contributed by atoms with Crippen LogP contribution in [0.15, 0.2) is 11.6 Å². The van der Waals surface area contributed by atoms with E-state index in [4.69, 9.17) is 47.4 Å². The molecule has 5 aliphatic heterocycles. The van der Waals surface area contributed by atoms with Gasteiger partial charge in [-0.2, -0.15) is 0 Å². The zero-order valence-electron chi connectivity index (χ0n) is 49.0. The molecule has 0 unspecified atom stereocenters. The number of carboxylic acid groups (broad SMARTS) is 1. The summed E-state index contributed by atoms with van der Waals surface area (Å²) in [4.78, 5) is 29.3. The fourth-order valence-electron chi connectivity index (χ4n) is 17.4. The lowest BCUT2D eigenvalue weighted by atomic mass is 9.33. The minimum absolute atomic E-state index is 0.00616. The molecule has 492 valence electrons. The number of rotatable bonds is 14. The van der Waals surface area contributed by atoms with Crippen LogP contribution in [0.1, 0.15) is 92.9 Å². The highest BCUT2D eigenvalue weighted by molar-refractivity contribution is 5.80. The van der Waals surface area contributed by atoms with E-state index in [0.717, 1.165) is 5.57 Å². The Morgan fingerprint density at radius 1 is 0.616 bits per heavy atom. The lowest BCUT2D eigenvalue weighted by Gasteiger charge is -2.72. The fraction of sp³-hybridized carbons (Fsp3) is 0.930. The van der Waals surface area contributed by atoms with Gasteiger partial charge >= 0.3 is 11.9 Å². The quantitative estimate of drug-likeness (QED) is 0.0439. The van der Waals surface area contributed by atoms with Crippen molar-refractivity contribution in [3.05, 3.63) is 11.6 Å². The smallest absolute Gasteiger partial charge is 0.317 e. The molecule has 32 atom stereocenters. The van der Waals surface area contributed by atoms with Crippen LogP contribution in [0.3, 0.4) is 0 Å². The van der Waals surface area contributed by atoms with E-state index in [2.05, 4.69) is 20.8 Å². The van der Waals surface area contributed by atoms with Crippen molar-refractivity contribution in [1.29, 1.82) is 0 Å². The molecule has 29 nitrogen and oxygen atoms in total. The summed E-state index contributed by atoms with van der Waals surface area (Å²) in [5, 5.41) is 187. The Hall–Kier alpha value is -2.32. The molecular formula is C57H90O29. The molecule has 4 saturated carbocycles. The van der Waals surface area contributed by atoms with Crippen LogP contribution in [0.4, 0.5) is 0 Å². The maximum atomic E-state index is 15.4. The van der Waals surface area contributed by atoms with Gasteiger partial charge in [-0.1, -0.05) is 46.3 Å². The highest BCUT2D eigenvalue weighted by Gasteiger charge is 2.75. The Morgan fingerprint density at radius 3 is 1.91 bits per heavy atom. The molecular weight excluding hydrogens is 1150 g/mol. The zero-order valence-corrected chi connectivity index (χ0v) is 49.0. The minimum Gasteiger partial charge on any atom is -0.481 e. The van der Waals surface area contributed by atoms with Crippen LogP contribution in [0.2, 0.25) is 0 Å². The van der Waals surface area contributed by atoms with Crippen LogP contribution in [-0.2, 0) is 57.0 Å². The topological polar surface area (TPSA) is 470 Å². The van der Waals surface area contributed by atoms with E-state index in [1.165, 1.54) is 6.92 Å². The summed E-state index contributed by atoms with van der Waals surface area (Å²) in [5.74, 6) is -4.37. The number of aliphatic carboxylic acids is 1. The third-order valence-electron chi connectivity index (χ3n) is 22.6. The number of carbonyl (C=O) groups excluding carboxylic acids is 1. The average molecular weight is 1240 g/mol. The standard InChI is InChI=1S/C57H90O29/c1-22-39(82-44-38(71)40(27(63)18-77-44)83-48-42(72)55(76,19-59)21-79-48)35(68)37(70)45(80-22)84-41-32(65)26(62)17-78-47(41)86-50(75)56-12-11-51(2,3)13-24(56)23-7-8-29-52(4)14-25(61)43(85-46-36(69)34(67)33(66)28(16-58)81-46)57(20-60,49(73)74)30(52)9-10-53(29,5)54(23,6)15-31(56)64/h7,22,24-48,58-72,76H,8-21H2,1-6H3,(H,73,74)/t22-,24-,25-,26-,27+,28+,29+,30-,31+,32-,33+,34-,35-,36+,37+,38+,39-,40-,41+,42-,43-,44-,45-,46-,47-,48-,52+,53+,54+,55+,56+,57+/m0/s1. The molecule has 17 N–H and O–H groups in total. The Bertz CT molecular complexity index is 2470. The highest BCUT2D eigenvalue weighted by atomic mass is 16.8. The molecule has 0 amide bonds. The van der Waals surface area contributed by atoms with Crippen LogP contribution >= 0.6 is 0 Å². The summed E-state index contributed by atoms with van der Waals surface area (Å²) in [7, 11) is 0. The SMILES string of the molecule is C[C@@H]1O[C@@H](O[C@H]2[C@H](OC(=O)[C@]34CCC(C)(C)C[C@H]3C3=CC[C@@H]5[C@@]6(C)C[C@H](O)[C@H](O[C@@H]7O[C@H](CO)[C@@H](O)[C@H](O)[C@H]7O)[C@](CO)(C(=O)O)[C@H]6CC[C@@]5(C)[C@]3(C)C[C@H]4O)OC[C@H](O)[C@@H]2O)[C@H](O)[C@H](O)[C@H]1O[C@@H]1OC[C@@H](O)[C@H](O[C@@H]2OC[C@](O)(CO)[C@H]2O)[C@H]1O. The Labute approximate surface area is 495 Å². The lowest BCUT2D eigenvalue weighted by Crippen LogP contribution is -2.72. The van der Waals surface area contributed by atoms with Crippen molar-refractivity contribution in [1.82, 2.24) is 0 Å². The highest BCUT2D eigenvalue weighted by Crippen LogP contribution is 2.76. The van der Waals surface area contributed by atoms with Crippen molar-refractivity contribution in [3.63, 3.8) is 0 Å². The number of hydrogen-bond acceptors (Lipinski definition) is 28. The second-order valence-corrected chi connectivity index (χ2v) is 27.8. The summed E-state index contributed by atoms with van der Waals surface area (Å²) < 4.78 is 58.2. The van der Waals surface area contributed by atoms with Gasteiger partial charge < -0.3 is 134 Å². The van der Waals surface area contributed by atoms with E-state index in [9.17, 15) is 91.6 Å². The largest absolute Gasteiger partial charge is 0.481 e. The number of carboxylic acids is 1. The Balaban J connectivity index is 0.872. The molecule has 0 bridgehead atoms. The van der Waals surface area contributed by atoms with Crippen molar-refractivity contribution in [2.24, 2.45) is 50.2 Å². The van der Waals surface area contributed by atoms with E-state index >= 15 is 4.79 Å². The summed E-state index contributed by atoms with van der Waals surface area (Å²) in [5.41, 5.74) is -8.17. The molecule has 0 spiro atoms. The molecule has 9 fully saturated rings. The van der Waals surface area contributed by atoms with Crippen LogP contribution in [0.5, 0.6) is 0 Å². The molecule has 10 rings (SSSR count). The Morgan fingerprint density at radius 2 is 1.26 bits per heavy atom. The number of aliphatic hydroxyl groups excluding tert-OH is 15. The number of hydrogen-bond donors (Lipinski definition) is 17. The summed E-state index contributed by atoms with van der Waals surface area (Å²) in [6, 6.07) is 0. The van der Waals surface area contributed by atoms with Gasteiger partial charge in [0.1, 0.15) is 102 Å². The molecule has 0 aromatic heterocycles. The van der Waals surface area contributed by atoms with Gasteiger partial charge in [0.25, 0.3) is 0 Å². The van der Waals surface area contributed by atoms with Crippen LogP contribution in [0.25, 0.3) is 0 Å². The van der Waals surface area contributed by atoms with Gasteiger partial charge in [-0.05, 0) is 97.7 Å². The van der Waals surface area contributed by atoms with Gasteiger partial charge in [-0.3, -0.25) is 9.59 Å². The van der Waals surface area contributed by atoms with E-state index in [1.807, 2.05) is 19.9 Å². The lowest BCUT2D eigenvalue weighted by molar-refractivity contribution is -0.372. The van der Waals surface area contributed by atoms with Gasteiger partial charge in [0.15, 0.2) is 31.3 Å². The van der Waals surface area contributed by atoms with Gasteiger partial charge in [0, 0.05) is 0 Å². The number of ether oxygens (including phenoxy) is 10. The van der Waals surface area contributed by atoms with Gasteiger partial charge in [0.05, 0.1) is 58.0 Å². The number of fused-ring (bicyclic) bond motifs is 7. The van der Waals surface area contributed by atoms with Gasteiger partial charge in [0.2, 0.25) is 6.29 Å². The second kappa shape index (κ2) is 24.0. The molecule has 10 aliphatic rings. The first-order chi connectivity index (χ1) is 40.2. The van der Waals surface area contributed by atoms with Crippen molar-refractivity contribution in [2.75, 3.05) is 39.6 Å². The van der Waals surface area contributed by atoms with Gasteiger partial charge in [-0.25, -0.2) is 0 Å². The maximum absolute atomic E-state index is 15.4. The molecule has 0 radical (unpaired) electrons. The molecule has 0 aromatic carbocycles. The number of aliphatic hydroxyl groups is 16. The molecule has 5 heterocycles. The third kappa shape index (κ3) is 10.4. The summed E-state index contributed by atoms with van der Waals surface area (Å²) in [6.07, 6.45) is -35.2. The number of carbonyl (C=O) groups is 2. The van der Waals surface area contributed by atoms with Crippen molar-refractivity contribution >= 4 is 11.9 Å². The van der Waals surface area contributed by atoms with E-state index in [1.54, 1.807) is 0 Å². The van der Waals surface area contributed by atoms with Crippen molar-refractivity contribution in [2.45, 2.75) is 240 Å². The van der Waals surface area contributed by atoms with E-state index in [-0.39, 0.29) is 31.1 Å². The van der Waals surface area contributed by atoms with Crippen molar-refractivity contribution in [3.8, 4) is 0 Å². The van der Waals surface area contributed by atoms with Gasteiger partial charge in [-0.15, -0.1) is 0 Å². The molecule has 0 aromatic rings. The predicted octanol–water partition coefficient (Wildman–Crippen LogP) is -5.29. The number of allylic oxidation sites excluding steroid dienone is 2. The first-order valence-corrected chi connectivity index (χ1v) is 29.9. The average Bonchev–Trinajstić information content (AvgIpc) is 0.892. The number of esters is 1. The third-order valence-corrected chi connectivity index (χ3v) is 22.6. The van der Waals surface area contributed by atoms with Crippen LogP contribution < -0.4 is 0 Å². The van der Waals surface area contributed by atoms with Crippen LogP contribution in [-0.4, -0.2) is 285 Å². The maximum Gasteiger partial charge on any atom is 0.317 e. The first-order valence-electron chi connectivity index (χ1n) is 29.9. The molecule has 5 saturated heterocycles. The minimum atomic E-state index is -2.21. The molecule has 29 heteroatoms. The van der Waals surface area contributed by atoms with E-state index in [0.29, 0.717) is 25.7 Å².